The van der Waals surface area contributed by atoms with Crippen molar-refractivity contribution in [2.75, 3.05) is 7.11 Å². The SMILES string of the molecule is COc1ccc(Oc2cc(C#N)ccc2[N+](=O)[O-])c(Br)c1. The number of nitro benzene ring substituents is 1. The number of ether oxygens (including phenoxy) is 2. The summed E-state index contributed by atoms with van der Waals surface area (Å²) in [5.74, 6) is 1.01. The van der Waals surface area contributed by atoms with Crippen LogP contribution < -0.4 is 9.47 Å². The average Bonchev–Trinajstić information content (AvgIpc) is 2.48. The normalized spacial score (nSPS) is 9.76. The predicted molar refractivity (Wildman–Crippen MR) is 78.6 cm³/mol. The van der Waals surface area contributed by atoms with Crippen molar-refractivity contribution in [3.05, 3.63) is 56.5 Å². The molecule has 21 heavy (non-hydrogen) atoms. The second-order valence-electron chi connectivity index (χ2n) is 3.95. The van der Waals surface area contributed by atoms with Gasteiger partial charge < -0.3 is 9.47 Å². The van der Waals surface area contributed by atoms with E-state index in [4.69, 9.17) is 14.7 Å². The second-order valence-corrected chi connectivity index (χ2v) is 4.80. The number of nitro groups is 1. The van der Waals surface area contributed by atoms with E-state index in [2.05, 4.69) is 15.9 Å². The lowest BCUT2D eigenvalue weighted by molar-refractivity contribution is -0.385. The van der Waals surface area contributed by atoms with Crippen molar-refractivity contribution in [1.82, 2.24) is 0 Å². The molecule has 0 N–H and O–H groups in total. The van der Waals surface area contributed by atoms with E-state index < -0.39 is 4.92 Å². The van der Waals surface area contributed by atoms with Crippen LogP contribution in [0.1, 0.15) is 5.56 Å². The van der Waals surface area contributed by atoms with Gasteiger partial charge in [0.15, 0.2) is 0 Å². The molecule has 0 bridgehead atoms. The van der Waals surface area contributed by atoms with Gasteiger partial charge in [-0.3, -0.25) is 10.1 Å². The van der Waals surface area contributed by atoms with Crippen LogP contribution in [0.5, 0.6) is 17.2 Å². The van der Waals surface area contributed by atoms with Crippen molar-refractivity contribution in [2.45, 2.75) is 0 Å². The number of rotatable bonds is 4. The van der Waals surface area contributed by atoms with Crippen LogP contribution in [0.3, 0.4) is 0 Å². The largest absolute Gasteiger partial charge is 0.497 e. The average molecular weight is 349 g/mol. The Hall–Kier alpha value is -2.59. The smallest absolute Gasteiger partial charge is 0.311 e. The molecule has 2 aromatic rings. The third-order valence-corrected chi connectivity index (χ3v) is 3.26. The van der Waals surface area contributed by atoms with E-state index in [1.807, 2.05) is 6.07 Å². The standard InChI is InChI=1S/C14H9BrN2O4/c1-20-10-3-5-13(11(15)7-10)21-14-6-9(8-16)2-4-12(14)17(18)19/h2-7H,1H3. The highest BCUT2D eigenvalue weighted by atomic mass is 79.9. The lowest BCUT2D eigenvalue weighted by Gasteiger charge is -2.09. The topological polar surface area (TPSA) is 85.4 Å². The van der Waals surface area contributed by atoms with Gasteiger partial charge in [0.1, 0.15) is 11.5 Å². The van der Waals surface area contributed by atoms with Crippen LogP contribution >= 0.6 is 15.9 Å². The first-order chi connectivity index (χ1) is 10.0. The summed E-state index contributed by atoms with van der Waals surface area (Å²) in [6, 6.07) is 10.8. The van der Waals surface area contributed by atoms with Crippen LogP contribution in [0.2, 0.25) is 0 Å². The van der Waals surface area contributed by atoms with E-state index in [0.29, 0.717) is 16.0 Å². The highest BCUT2D eigenvalue weighted by molar-refractivity contribution is 9.10. The van der Waals surface area contributed by atoms with Gasteiger partial charge >= 0.3 is 5.69 Å². The van der Waals surface area contributed by atoms with Crippen molar-refractivity contribution >= 4 is 21.6 Å². The van der Waals surface area contributed by atoms with Crippen molar-refractivity contribution in [2.24, 2.45) is 0 Å². The molecule has 106 valence electrons. The van der Waals surface area contributed by atoms with Crippen molar-refractivity contribution < 1.29 is 14.4 Å². The minimum absolute atomic E-state index is 0.00455. The number of hydrogen-bond donors (Lipinski definition) is 0. The summed E-state index contributed by atoms with van der Waals surface area (Å²) >= 11 is 3.30. The molecule has 0 unspecified atom stereocenters. The minimum atomic E-state index is -0.562. The maximum atomic E-state index is 11.0. The molecule has 0 aliphatic rings. The van der Waals surface area contributed by atoms with Gasteiger partial charge in [-0.05, 0) is 40.2 Å². The molecule has 2 aromatic carbocycles. The maximum Gasteiger partial charge on any atom is 0.311 e. The van der Waals surface area contributed by atoms with E-state index in [0.717, 1.165) is 0 Å². The third-order valence-electron chi connectivity index (χ3n) is 2.64. The fourth-order valence-electron chi connectivity index (χ4n) is 1.63. The third kappa shape index (κ3) is 3.30. The first-order valence-electron chi connectivity index (χ1n) is 5.75. The molecule has 0 aliphatic heterocycles. The summed E-state index contributed by atoms with van der Waals surface area (Å²) in [7, 11) is 1.53. The summed E-state index contributed by atoms with van der Waals surface area (Å²) in [6.07, 6.45) is 0. The number of nitriles is 1. The fraction of sp³-hybridized carbons (Fsp3) is 0.0714. The van der Waals surface area contributed by atoms with Crippen LogP contribution in [0.25, 0.3) is 0 Å². The number of benzene rings is 2. The summed E-state index contributed by atoms with van der Waals surface area (Å²) < 4.78 is 11.2. The highest BCUT2D eigenvalue weighted by Crippen LogP contribution is 2.37. The summed E-state index contributed by atoms with van der Waals surface area (Å²) in [6.45, 7) is 0. The number of methoxy groups -OCH3 is 1. The Bertz CT molecular complexity index is 740. The number of halogens is 1. The molecule has 0 atom stereocenters. The van der Waals surface area contributed by atoms with E-state index in [9.17, 15) is 10.1 Å². The van der Waals surface area contributed by atoms with Crippen LogP contribution in [-0.4, -0.2) is 12.0 Å². The number of hydrogen-bond acceptors (Lipinski definition) is 5. The van der Waals surface area contributed by atoms with Crippen molar-refractivity contribution in [3.63, 3.8) is 0 Å². The Kier molecular flexibility index (Phi) is 4.40. The maximum absolute atomic E-state index is 11.0. The lowest BCUT2D eigenvalue weighted by Crippen LogP contribution is -1.95. The van der Waals surface area contributed by atoms with Crippen LogP contribution in [0.15, 0.2) is 40.9 Å². The van der Waals surface area contributed by atoms with E-state index in [1.54, 1.807) is 18.2 Å². The van der Waals surface area contributed by atoms with Crippen LogP contribution in [-0.2, 0) is 0 Å². The molecule has 0 fully saturated rings. The molecule has 7 heteroatoms. The van der Waals surface area contributed by atoms with E-state index in [-0.39, 0.29) is 17.0 Å². The van der Waals surface area contributed by atoms with Crippen LogP contribution in [0, 0.1) is 21.4 Å². The van der Waals surface area contributed by atoms with Gasteiger partial charge in [0, 0.05) is 12.1 Å². The van der Waals surface area contributed by atoms with Crippen LogP contribution in [0.4, 0.5) is 5.69 Å². The predicted octanol–water partition coefficient (Wildman–Crippen LogP) is 4.03. The van der Waals surface area contributed by atoms with E-state index in [1.165, 1.54) is 25.3 Å². The summed E-state index contributed by atoms with van der Waals surface area (Å²) in [5, 5.41) is 19.9. The van der Waals surface area contributed by atoms with Gasteiger partial charge in [-0.25, -0.2) is 0 Å². The lowest BCUT2D eigenvalue weighted by atomic mass is 10.2. The molecule has 0 saturated carbocycles. The van der Waals surface area contributed by atoms with Gasteiger partial charge in [-0.2, -0.15) is 5.26 Å². The Labute approximate surface area is 128 Å². The molecular weight excluding hydrogens is 340 g/mol. The monoisotopic (exact) mass is 348 g/mol. The second kappa shape index (κ2) is 6.24. The first kappa shape index (κ1) is 14.8. The fourth-order valence-corrected chi connectivity index (χ4v) is 2.06. The molecule has 0 radical (unpaired) electrons. The Morgan fingerprint density at radius 1 is 1.24 bits per heavy atom. The van der Waals surface area contributed by atoms with Crippen molar-refractivity contribution in [3.8, 4) is 23.3 Å². The molecule has 0 saturated heterocycles. The van der Waals surface area contributed by atoms with Gasteiger partial charge in [0.05, 0.1) is 28.1 Å². The van der Waals surface area contributed by atoms with E-state index >= 15 is 0 Å². The Balaban J connectivity index is 2.43. The molecule has 6 nitrogen and oxygen atoms in total. The van der Waals surface area contributed by atoms with Gasteiger partial charge in [0.25, 0.3) is 0 Å². The zero-order valence-electron chi connectivity index (χ0n) is 10.9. The summed E-state index contributed by atoms with van der Waals surface area (Å²) in [4.78, 5) is 10.4. The van der Waals surface area contributed by atoms with Gasteiger partial charge in [-0.15, -0.1) is 0 Å². The number of nitrogens with zero attached hydrogens (tertiary/aromatic N) is 2. The molecular formula is C14H9BrN2O4. The molecule has 0 amide bonds. The quantitative estimate of drug-likeness (QED) is 0.614. The minimum Gasteiger partial charge on any atom is -0.497 e. The molecule has 0 heterocycles. The van der Waals surface area contributed by atoms with Gasteiger partial charge in [0.2, 0.25) is 5.75 Å². The molecule has 0 spiro atoms. The Morgan fingerprint density at radius 2 is 2.00 bits per heavy atom. The summed E-state index contributed by atoms with van der Waals surface area (Å²) in [5.41, 5.74) is 0.0666. The molecule has 2 rings (SSSR count). The Morgan fingerprint density at radius 3 is 2.57 bits per heavy atom. The highest BCUT2D eigenvalue weighted by Gasteiger charge is 2.17. The zero-order valence-corrected chi connectivity index (χ0v) is 12.5. The van der Waals surface area contributed by atoms with Gasteiger partial charge in [-0.1, -0.05) is 0 Å². The first-order valence-corrected chi connectivity index (χ1v) is 6.54. The molecule has 0 aliphatic carbocycles. The molecule has 0 aromatic heterocycles. The zero-order chi connectivity index (χ0) is 15.4. The van der Waals surface area contributed by atoms with Crippen molar-refractivity contribution in [1.29, 1.82) is 5.26 Å².